The summed E-state index contributed by atoms with van der Waals surface area (Å²) in [4.78, 5) is 14.8. The van der Waals surface area contributed by atoms with Crippen LogP contribution in [-0.4, -0.2) is 9.91 Å². The summed E-state index contributed by atoms with van der Waals surface area (Å²) in [6, 6.07) is 7.41. The first-order valence-electron chi connectivity index (χ1n) is 7.13. The van der Waals surface area contributed by atoms with Gasteiger partial charge in [0.25, 0.3) is 0 Å². The van der Waals surface area contributed by atoms with Gasteiger partial charge < -0.3 is 10.1 Å². The lowest BCUT2D eigenvalue weighted by Gasteiger charge is -2.10. The van der Waals surface area contributed by atoms with Crippen LogP contribution in [0, 0.1) is 10.1 Å². The average Bonchev–Trinajstić information content (AvgIpc) is 2.60. The van der Waals surface area contributed by atoms with Gasteiger partial charge in [-0.25, -0.2) is 0 Å². The van der Waals surface area contributed by atoms with Crippen molar-refractivity contribution in [3.05, 3.63) is 76.8 Å². The lowest BCUT2D eigenvalue weighted by atomic mass is 10.0. The molecule has 138 valence electrons. The molecule has 1 heterocycles. The SMILES string of the molecule is O=[N+]([O-])c1ncc(-c2cc(Cl)c(Cl)cc2Cl)cc1-c1cc(Cl)c(Cl)cc1Cl. The van der Waals surface area contributed by atoms with E-state index in [-0.39, 0.29) is 30.7 Å². The number of nitro groups is 1. The van der Waals surface area contributed by atoms with Gasteiger partial charge in [0.1, 0.15) is 6.20 Å². The molecule has 0 atom stereocenters. The zero-order chi connectivity index (χ0) is 19.9. The van der Waals surface area contributed by atoms with Crippen LogP contribution in [0.1, 0.15) is 0 Å². The van der Waals surface area contributed by atoms with E-state index in [1.165, 1.54) is 30.5 Å². The van der Waals surface area contributed by atoms with Crippen molar-refractivity contribution < 1.29 is 4.92 Å². The Hall–Kier alpha value is -1.27. The highest BCUT2D eigenvalue weighted by atomic mass is 35.5. The molecule has 4 nitrogen and oxygen atoms in total. The van der Waals surface area contributed by atoms with Crippen LogP contribution in [0.2, 0.25) is 30.1 Å². The number of pyridine rings is 1. The molecule has 2 aromatic carbocycles. The second-order valence-electron chi connectivity index (χ2n) is 5.34. The number of halogens is 6. The highest BCUT2D eigenvalue weighted by Gasteiger charge is 2.22. The van der Waals surface area contributed by atoms with Crippen molar-refractivity contribution >= 4 is 75.4 Å². The summed E-state index contributed by atoms with van der Waals surface area (Å²) in [7, 11) is 0. The zero-order valence-electron chi connectivity index (χ0n) is 12.9. The fourth-order valence-corrected chi connectivity index (χ4v) is 3.73. The molecular weight excluding hydrogens is 477 g/mol. The Morgan fingerprint density at radius 3 is 1.70 bits per heavy atom. The van der Waals surface area contributed by atoms with Gasteiger partial charge in [-0.15, -0.1) is 0 Å². The molecule has 0 amide bonds. The van der Waals surface area contributed by atoms with Gasteiger partial charge in [-0.05, 0) is 40.2 Å². The molecule has 10 heteroatoms. The first kappa shape index (κ1) is 20.5. The Morgan fingerprint density at radius 2 is 1.15 bits per heavy atom. The molecule has 0 spiro atoms. The predicted octanol–water partition coefficient (Wildman–Crippen LogP) is 8.24. The summed E-state index contributed by atoms with van der Waals surface area (Å²) in [6.45, 7) is 0. The molecule has 27 heavy (non-hydrogen) atoms. The minimum atomic E-state index is -0.617. The molecular formula is C17H6Cl6N2O2. The standard InChI is InChI=1S/C17H6Cl6N2O2/c18-11-4-15(22)13(20)2-8(11)7-1-10(17(24-6-7)25(26)27)9-3-14(21)16(23)5-12(9)19/h1-6H. The number of hydrogen-bond donors (Lipinski definition) is 0. The largest absolute Gasteiger partial charge is 0.371 e. The molecule has 0 N–H and O–H groups in total. The molecule has 0 aliphatic carbocycles. The molecule has 0 fully saturated rings. The summed E-state index contributed by atoms with van der Waals surface area (Å²) in [5, 5.41) is 12.9. The van der Waals surface area contributed by atoms with E-state index in [0.717, 1.165) is 0 Å². The van der Waals surface area contributed by atoms with Crippen LogP contribution >= 0.6 is 69.6 Å². The maximum atomic E-state index is 11.4. The van der Waals surface area contributed by atoms with E-state index in [4.69, 9.17) is 69.6 Å². The quantitative estimate of drug-likeness (QED) is 0.214. The summed E-state index contributed by atoms with van der Waals surface area (Å²) in [5.74, 6) is -0.393. The van der Waals surface area contributed by atoms with E-state index in [1.807, 2.05) is 0 Å². The summed E-state index contributed by atoms with van der Waals surface area (Å²) in [5.41, 5.74) is 1.46. The van der Waals surface area contributed by atoms with Crippen LogP contribution in [0.3, 0.4) is 0 Å². The van der Waals surface area contributed by atoms with Crippen LogP contribution in [0.15, 0.2) is 36.5 Å². The van der Waals surface area contributed by atoms with Crippen molar-refractivity contribution in [2.75, 3.05) is 0 Å². The van der Waals surface area contributed by atoms with E-state index in [1.54, 1.807) is 6.07 Å². The van der Waals surface area contributed by atoms with Gasteiger partial charge in [0.2, 0.25) is 0 Å². The van der Waals surface area contributed by atoms with Gasteiger partial charge in [-0.1, -0.05) is 69.6 Å². The Balaban J connectivity index is 2.28. The predicted molar refractivity (Wildman–Crippen MR) is 112 cm³/mol. The second-order valence-corrected chi connectivity index (χ2v) is 7.79. The van der Waals surface area contributed by atoms with E-state index in [2.05, 4.69) is 4.98 Å². The minimum Gasteiger partial charge on any atom is -0.358 e. The number of benzene rings is 2. The normalized spacial score (nSPS) is 10.9. The number of rotatable bonds is 3. The van der Waals surface area contributed by atoms with Crippen molar-refractivity contribution in [1.29, 1.82) is 0 Å². The molecule has 3 aromatic rings. The van der Waals surface area contributed by atoms with Crippen molar-refractivity contribution in [1.82, 2.24) is 4.98 Å². The maximum Gasteiger partial charge on any atom is 0.371 e. The molecule has 0 saturated carbocycles. The molecule has 0 aliphatic rings. The minimum absolute atomic E-state index is 0.156. The Morgan fingerprint density at radius 1 is 0.667 bits per heavy atom. The molecule has 1 aromatic heterocycles. The fraction of sp³-hybridized carbons (Fsp3) is 0. The molecule has 0 saturated heterocycles. The summed E-state index contributed by atoms with van der Waals surface area (Å²) < 4.78 is 0. The van der Waals surface area contributed by atoms with Crippen LogP contribution < -0.4 is 0 Å². The van der Waals surface area contributed by atoms with Crippen molar-refractivity contribution in [3.63, 3.8) is 0 Å². The third kappa shape index (κ3) is 4.11. The molecule has 0 bridgehead atoms. The number of hydrogen-bond acceptors (Lipinski definition) is 3. The van der Waals surface area contributed by atoms with Crippen LogP contribution in [0.4, 0.5) is 5.82 Å². The second kappa shape index (κ2) is 8.00. The lowest BCUT2D eigenvalue weighted by molar-refractivity contribution is -0.388. The first-order valence-corrected chi connectivity index (χ1v) is 9.40. The molecule has 0 unspecified atom stereocenters. The average molecular weight is 483 g/mol. The monoisotopic (exact) mass is 480 g/mol. The third-order valence-corrected chi connectivity index (χ3v) is 5.73. The Bertz CT molecular complexity index is 1090. The van der Waals surface area contributed by atoms with Gasteiger partial charge in [0, 0.05) is 16.7 Å². The Labute approximate surface area is 183 Å². The first-order chi connectivity index (χ1) is 12.7. The molecule has 0 radical (unpaired) electrons. The number of nitrogens with zero attached hydrogens (tertiary/aromatic N) is 2. The van der Waals surface area contributed by atoms with Crippen molar-refractivity contribution in [3.8, 4) is 22.3 Å². The van der Waals surface area contributed by atoms with Crippen molar-refractivity contribution in [2.24, 2.45) is 0 Å². The van der Waals surface area contributed by atoms with Gasteiger partial charge in [-0.3, -0.25) is 0 Å². The number of aromatic nitrogens is 1. The van der Waals surface area contributed by atoms with Crippen LogP contribution in [-0.2, 0) is 0 Å². The lowest BCUT2D eigenvalue weighted by Crippen LogP contribution is -1.97. The fourth-order valence-electron chi connectivity index (χ4n) is 2.42. The van der Waals surface area contributed by atoms with E-state index < -0.39 is 10.7 Å². The van der Waals surface area contributed by atoms with Crippen molar-refractivity contribution in [2.45, 2.75) is 0 Å². The highest BCUT2D eigenvalue weighted by molar-refractivity contribution is 6.44. The third-order valence-electron chi connectivity index (χ3n) is 3.66. The van der Waals surface area contributed by atoms with Gasteiger partial charge in [-0.2, -0.15) is 0 Å². The zero-order valence-corrected chi connectivity index (χ0v) is 17.5. The molecule has 0 aliphatic heterocycles. The summed E-state index contributed by atoms with van der Waals surface area (Å²) >= 11 is 36.5. The summed E-state index contributed by atoms with van der Waals surface area (Å²) in [6.07, 6.45) is 1.32. The van der Waals surface area contributed by atoms with E-state index >= 15 is 0 Å². The van der Waals surface area contributed by atoms with Gasteiger partial charge in [0.15, 0.2) is 0 Å². The Kier molecular flexibility index (Phi) is 6.06. The topological polar surface area (TPSA) is 56.0 Å². The molecule has 3 rings (SSSR count). The van der Waals surface area contributed by atoms with E-state index in [9.17, 15) is 10.1 Å². The maximum absolute atomic E-state index is 11.4. The van der Waals surface area contributed by atoms with Gasteiger partial charge in [0.05, 0.1) is 35.7 Å². The smallest absolute Gasteiger partial charge is 0.358 e. The van der Waals surface area contributed by atoms with Crippen LogP contribution in [0.5, 0.6) is 0 Å². The van der Waals surface area contributed by atoms with Crippen LogP contribution in [0.25, 0.3) is 22.3 Å². The highest BCUT2D eigenvalue weighted by Crippen LogP contribution is 2.42. The van der Waals surface area contributed by atoms with E-state index in [0.29, 0.717) is 21.7 Å². The van der Waals surface area contributed by atoms with Gasteiger partial charge >= 0.3 is 5.82 Å².